The highest BCUT2D eigenvalue weighted by molar-refractivity contribution is 6.02. The summed E-state index contributed by atoms with van der Waals surface area (Å²) in [5.74, 6) is -0.140. The number of aromatic amines is 1. The fourth-order valence-electron chi connectivity index (χ4n) is 5.27. The van der Waals surface area contributed by atoms with Crippen LogP contribution >= 0.6 is 0 Å². The number of rotatable bonds is 5. The second-order valence-electron chi connectivity index (χ2n) is 9.64. The van der Waals surface area contributed by atoms with E-state index >= 15 is 0 Å². The zero-order valence-corrected chi connectivity index (χ0v) is 19.5. The first kappa shape index (κ1) is 21.5. The van der Waals surface area contributed by atoms with Crippen molar-refractivity contribution < 1.29 is 9.90 Å². The Labute approximate surface area is 201 Å². The van der Waals surface area contributed by atoms with Crippen LogP contribution in [0.4, 0.5) is 0 Å². The zero-order valence-electron chi connectivity index (χ0n) is 19.5. The summed E-state index contributed by atoms with van der Waals surface area (Å²) in [5.41, 5.74) is 3.28. The van der Waals surface area contributed by atoms with Crippen LogP contribution in [0.25, 0.3) is 33.1 Å². The van der Waals surface area contributed by atoms with Gasteiger partial charge in [0, 0.05) is 53.6 Å². The Morgan fingerprint density at radius 2 is 2.20 bits per heavy atom. The standard InChI is InChI=1S/C26H27N7O2/c1-32-14-19-11-17(4-6-22(19)31-32)24-21-12-18(5-7-23(21)29-30-24)25(34)28-20-3-2-8-26(35,13-20)15-33-10-9-27-16-33/h4-7,9-12,14,16,20,35H,2-3,8,13,15H2,1H3,(H,28,34)(H,29,30)/t20-,26+/m0/s1. The first-order chi connectivity index (χ1) is 17.0. The number of benzene rings is 2. The number of aryl methyl sites for hydroxylation is 1. The van der Waals surface area contributed by atoms with Crippen LogP contribution < -0.4 is 5.32 Å². The molecule has 3 heterocycles. The molecule has 3 aromatic heterocycles. The lowest BCUT2D eigenvalue weighted by Gasteiger charge is -2.37. The fourth-order valence-corrected chi connectivity index (χ4v) is 5.27. The smallest absolute Gasteiger partial charge is 0.251 e. The van der Waals surface area contributed by atoms with E-state index in [-0.39, 0.29) is 11.9 Å². The third-order valence-corrected chi connectivity index (χ3v) is 6.91. The van der Waals surface area contributed by atoms with Crippen molar-refractivity contribution in [1.29, 1.82) is 0 Å². The zero-order chi connectivity index (χ0) is 24.0. The number of H-pyrrole nitrogens is 1. The monoisotopic (exact) mass is 469 g/mol. The minimum Gasteiger partial charge on any atom is -0.388 e. The van der Waals surface area contributed by atoms with E-state index < -0.39 is 5.60 Å². The summed E-state index contributed by atoms with van der Waals surface area (Å²) in [6, 6.07) is 11.5. The van der Waals surface area contributed by atoms with Gasteiger partial charge in [-0.1, -0.05) is 6.07 Å². The molecule has 1 aliphatic carbocycles. The Morgan fingerprint density at radius 3 is 3.06 bits per heavy atom. The van der Waals surface area contributed by atoms with Crippen LogP contribution in [-0.2, 0) is 13.6 Å². The van der Waals surface area contributed by atoms with Gasteiger partial charge in [0.15, 0.2) is 0 Å². The first-order valence-corrected chi connectivity index (χ1v) is 11.9. The Hall–Kier alpha value is -3.98. The molecule has 0 radical (unpaired) electrons. The molecule has 35 heavy (non-hydrogen) atoms. The van der Waals surface area contributed by atoms with Gasteiger partial charge in [0.1, 0.15) is 0 Å². The maximum atomic E-state index is 13.2. The maximum Gasteiger partial charge on any atom is 0.251 e. The van der Waals surface area contributed by atoms with Crippen LogP contribution in [0, 0.1) is 0 Å². The van der Waals surface area contributed by atoms with E-state index in [1.54, 1.807) is 17.2 Å². The number of hydrogen-bond donors (Lipinski definition) is 3. The van der Waals surface area contributed by atoms with Crippen molar-refractivity contribution in [3.63, 3.8) is 0 Å². The molecule has 0 saturated heterocycles. The highest BCUT2D eigenvalue weighted by Gasteiger charge is 2.35. The Bertz CT molecular complexity index is 1520. The van der Waals surface area contributed by atoms with Crippen LogP contribution in [0.5, 0.6) is 0 Å². The van der Waals surface area contributed by atoms with Gasteiger partial charge in [-0.3, -0.25) is 14.6 Å². The fraction of sp³-hybridized carbons (Fsp3) is 0.308. The lowest BCUT2D eigenvalue weighted by molar-refractivity contribution is -0.0211. The number of carbonyl (C=O) groups is 1. The second kappa shape index (κ2) is 8.35. The molecular weight excluding hydrogens is 442 g/mol. The number of carbonyl (C=O) groups excluding carboxylic acids is 1. The third kappa shape index (κ3) is 4.19. The molecule has 5 aromatic rings. The summed E-state index contributed by atoms with van der Waals surface area (Å²) in [6.07, 6.45) is 10.2. The van der Waals surface area contributed by atoms with Crippen molar-refractivity contribution in [3.8, 4) is 11.3 Å². The Morgan fingerprint density at radius 1 is 1.29 bits per heavy atom. The molecule has 1 aliphatic rings. The number of nitrogens with zero attached hydrogens (tertiary/aromatic N) is 5. The van der Waals surface area contributed by atoms with Gasteiger partial charge in [0.2, 0.25) is 0 Å². The summed E-state index contributed by atoms with van der Waals surface area (Å²) in [6.45, 7) is 0.477. The highest BCUT2D eigenvalue weighted by atomic mass is 16.3. The van der Waals surface area contributed by atoms with E-state index in [2.05, 4.69) is 31.7 Å². The summed E-state index contributed by atoms with van der Waals surface area (Å²) in [7, 11) is 1.90. The van der Waals surface area contributed by atoms with Crippen LogP contribution in [0.2, 0.25) is 0 Å². The average Bonchev–Trinajstić information content (AvgIpc) is 3.57. The molecule has 2 atom stereocenters. The molecule has 1 fully saturated rings. The van der Waals surface area contributed by atoms with E-state index in [0.717, 1.165) is 45.9 Å². The Balaban J connectivity index is 1.23. The van der Waals surface area contributed by atoms with Gasteiger partial charge in [-0.05, 0) is 56.0 Å². The number of nitrogens with one attached hydrogen (secondary N) is 2. The lowest BCUT2D eigenvalue weighted by atomic mass is 9.81. The molecule has 9 heteroatoms. The average molecular weight is 470 g/mol. The van der Waals surface area contributed by atoms with Gasteiger partial charge in [0.25, 0.3) is 5.91 Å². The number of fused-ring (bicyclic) bond motifs is 2. The molecule has 2 aromatic carbocycles. The van der Waals surface area contributed by atoms with Gasteiger partial charge >= 0.3 is 0 Å². The SMILES string of the molecule is Cn1cc2cc(-c3n[nH]c4ccc(C(=O)N[C@H]5CCC[C@](O)(Cn6ccnc6)C5)cc34)ccc2n1. The lowest BCUT2D eigenvalue weighted by Crippen LogP contribution is -2.47. The number of aromatic nitrogens is 6. The molecular formula is C26H27N7O2. The molecule has 3 N–H and O–H groups in total. The first-order valence-electron chi connectivity index (χ1n) is 11.9. The van der Waals surface area contributed by atoms with E-state index in [4.69, 9.17) is 0 Å². The minimum absolute atomic E-state index is 0.0859. The summed E-state index contributed by atoms with van der Waals surface area (Å²) < 4.78 is 3.68. The molecule has 0 aliphatic heterocycles. The number of imidazole rings is 1. The summed E-state index contributed by atoms with van der Waals surface area (Å²) >= 11 is 0. The van der Waals surface area contributed by atoms with Crippen molar-refractivity contribution in [1.82, 2.24) is 34.8 Å². The second-order valence-corrected chi connectivity index (χ2v) is 9.64. The maximum absolute atomic E-state index is 13.2. The van der Waals surface area contributed by atoms with Gasteiger partial charge in [-0.2, -0.15) is 10.2 Å². The largest absolute Gasteiger partial charge is 0.388 e. The predicted octanol–water partition coefficient (Wildman–Crippen LogP) is 3.42. The molecule has 0 unspecified atom stereocenters. The van der Waals surface area contributed by atoms with Crippen molar-refractivity contribution in [2.75, 3.05) is 0 Å². The van der Waals surface area contributed by atoms with Gasteiger partial charge in [-0.15, -0.1) is 0 Å². The van der Waals surface area contributed by atoms with Crippen LogP contribution in [-0.4, -0.2) is 52.2 Å². The van der Waals surface area contributed by atoms with E-state index in [0.29, 0.717) is 24.9 Å². The van der Waals surface area contributed by atoms with Crippen LogP contribution in [0.15, 0.2) is 61.3 Å². The van der Waals surface area contributed by atoms with Crippen molar-refractivity contribution in [2.24, 2.45) is 7.05 Å². The normalized spacial score (nSPS) is 20.5. The topological polar surface area (TPSA) is 114 Å². The van der Waals surface area contributed by atoms with Crippen molar-refractivity contribution >= 4 is 27.7 Å². The molecule has 6 rings (SSSR count). The third-order valence-electron chi connectivity index (χ3n) is 6.91. The van der Waals surface area contributed by atoms with E-state index in [1.807, 2.05) is 54.3 Å². The van der Waals surface area contributed by atoms with Crippen LogP contribution in [0.1, 0.15) is 36.0 Å². The van der Waals surface area contributed by atoms with E-state index in [1.165, 1.54) is 0 Å². The van der Waals surface area contributed by atoms with Crippen LogP contribution in [0.3, 0.4) is 0 Å². The summed E-state index contributed by atoms with van der Waals surface area (Å²) in [4.78, 5) is 17.2. The van der Waals surface area contributed by atoms with Gasteiger partial charge in [0.05, 0.1) is 35.2 Å². The van der Waals surface area contributed by atoms with Crippen molar-refractivity contribution in [3.05, 3.63) is 66.9 Å². The molecule has 1 saturated carbocycles. The van der Waals surface area contributed by atoms with Crippen molar-refractivity contribution in [2.45, 2.75) is 43.9 Å². The Kier molecular flexibility index (Phi) is 5.14. The molecule has 1 amide bonds. The van der Waals surface area contributed by atoms with E-state index in [9.17, 15) is 9.90 Å². The minimum atomic E-state index is -0.858. The highest BCUT2D eigenvalue weighted by Crippen LogP contribution is 2.31. The quantitative estimate of drug-likeness (QED) is 0.365. The molecule has 9 nitrogen and oxygen atoms in total. The van der Waals surface area contributed by atoms with Gasteiger partial charge < -0.3 is 15.0 Å². The van der Waals surface area contributed by atoms with Gasteiger partial charge in [-0.25, -0.2) is 4.98 Å². The molecule has 0 bridgehead atoms. The number of hydrogen-bond acceptors (Lipinski definition) is 5. The number of aliphatic hydroxyl groups is 1. The predicted molar refractivity (Wildman–Crippen MR) is 133 cm³/mol. The number of amides is 1. The summed E-state index contributed by atoms with van der Waals surface area (Å²) in [5, 5.41) is 28.2. The molecule has 178 valence electrons. The molecule has 0 spiro atoms.